The van der Waals surface area contributed by atoms with Crippen LogP contribution in [0.1, 0.15) is 5.69 Å². The number of benzene rings is 1. The van der Waals surface area contributed by atoms with E-state index in [9.17, 15) is 0 Å². The lowest BCUT2D eigenvalue weighted by atomic mass is 10.3. The number of aromatic nitrogens is 2. The molecular formula is C14H19N3O2. The third-order valence-corrected chi connectivity index (χ3v) is 2.68. The summed E-state index contributed by atoms with van der Waals surface area (Å²) < 4.78 is 12.5. The zero-order valence-electron chi connectivity index (χ0n) is 11.3. The summed E-state index contributed by atoms with van der Waals surface area (Å²) in [6.07, 6.45) is 1.94. The summed E-state index contributed by atoms with van der Waals surface area (Å²) in [5.41, 5.74) is 1.03. The standard InChI is InChI=1S/C14H19N3O2/c1-17-9-7-12(16-17)11-15-8-10-19-14-5-3-13(18-2)4-6-14/h3-7,9,15H,8,10-11H2,1-2H3. The first-order chi connectivity index (χ1) is 9.28. The van der Waals surface area contributed by atoms with Crippen molar-refractivity contribution < 1.29 is 9.47 Å². The molecule has 0 amide bonds. The van der Waals surface area contributed by atoms with Gasteiger partial charge in [0.15, 0.2) is 0 Å². The van der Waals surface area contributed by atoms with E-state index >= 15 is 0 Å². The van der Waals surface area contributed by atoms with Crippen LogP contribution in [-0.4, -0.2) is 30.0 Å². The molecule has 1 heterocycles. The van der Waals surface area contributed by atoms with Crippen LogP contribution >= 0.6 is 0 Å². The van der Waals surface area contributed by atoms with E-state index in [4.69, 9.17) is 9.47 Å². The second kappa shape index (κ2) is 6.80. The molecule has 0 aliphatic rings. The van der Waals surface area contributed by atoms with Crippen molar-refractivity contribution in [2.75, 3.05) is 20.3 Å². The molecule has 2 rings (SSSR count). The molecule has 1 aromatic carbocycles. The summed E-state index contributed by atoms with van der Waals surface area (Å²) in [7, 11) is 3.56. The van der Waals surface area contributed by atoms with Crippen LogP contribution in [0.15, 0.2) is 36.5 Å². The Morgan fingerprint density at radius 2 is 1.89 bits per heavy atom. The van der Waals surface area contributed by atoms with Crippen molar-refractivity contribution in [3.05, 3.63) is 42.2 Å². The Balaban J connectivity index is 1.63. The molecule has 19 heavy (non-hydrogen) atoms. The number of rotatable bonds is 7. The van der Waals surface area contributed by atoms with Crippen molar-refractivity contribution in [1.29, 1.82) is 0 Å². The Kier molecular flexibility index (Phi) is 4.80. The fourth-order valence-corrected chi connectivity index (χ4v) is 1.69. The van der Waals surface area contributed by atoms with Gasteiger partial charge in [-0.15, -0.1) is 0 Å². The normalized spacial score (nSPS) is 10.4. The summed E-state index contributed by atoms with van der Waals surface area (Å²) in [5, 5.41) is 7.57. The lowest BCUT2D eigenvalue weighted by Crippen LogP contribution is -2.20. The van der Waals surface area contributed by atoms with Gasteiger partial charge in [0.2, 0.25) is 0 Å². The molecule has 0 spiro atoms. The number of ether oxygens (including phenoxy) is 2. The van der Waals surface area contributed by atoms with Crippen LogP contribution in [0.3, 0.4) is 0 Å². The van der Waals surface area contributed by atoms with E-state index in [1.165, 1.54) is 0 Å². The molecule has 0 radical (unpaired) electrons. The Labute approximate surface area is 113 Å². The van der Waals surface area contributed by atoms with Crippen LogP contribution in [0.2, 0.25) is 0 Å². The second-order valence-electron chi connectivity index (χ2n) is 4.18. The fourth-order valence-electron chi connectivity index (χ4n) is 1.69. The van der Waals surface area contributed by atoms with E-state index in [2.05, 4.69) is 10.4 Å². The van der Waals surface area contributed by atoms with Gasteiger partial charge in [-0.3, -0.25) is 4.68 Å². The number of aryl methyl sites for hydroxylation is 1. The minimum atomic E-state index is 0.624. The van der Waals surface area contributed by atoms with Gasteiger partial charge in [-0.2, -0.15) is 5.10 Å². The predicted molar refractivity (Wildman–Crippen MR) is 73.4 cm³/mol. The van der Waals surface area contributed by atoms with Crippen LogP contribution in [0.5, 0.6) is 11.5 Å². The monoisotopic (exact) mass is 261 g/mol. The molecule has 102 valence electrons. The summed E-state index contributed by atoms with van der Waals surface area (Å²) in [6.45, 7) is 2.16. The quantitative estimate of drug-likeness (QED) is 0.769. The van der Waals surface area contributed by atoms with Gasteiger partial charge in [-0.25, -0.2) is 0 Å². The molecule has 0 aliphatic carbocycles. The van der Waals surface area contributed by atoms with E-state index in [1.807, 2.05) is 43.6 Å². The van der Waals surface area contributed by atoms with Crippen molar-refractivity contribution in [1.82, 2.24) is 15.1 Å². The molecule has 0 saturated carbocycles. The predicted octanol–water partition coefficient (Wildman–Crippen LogP) is 1.60. The SMILES string of the molecule is COc1ccc(OCCNCc2ccn(C)n2)cc1. The number of nitrogens with one attached hydrogen (secondary N) is 1. The van der Waals surface area contributed by atoms with Gasteiger partial charge >= 0.3 is 0 Å². The van der Waals surface area contributed by atoms with Crippen LogP contribution in [0.25, 0.3) is 0 Å². The van der Waals surface area contributed by atoms with E-state index in [0.29, 0.717) is 6.61 Å². The molecule has 0 fully saturated rings. The van der Waals surface area contributed by atoms with Crippen LogP contribution in [0.4, 0.5) is 0 Å². The van der Waals surface area contributed by atoms with Gasteiger partial charge < -0.3 is 14.8 Å². The third kappa shape index (κ3) is 4.30. The molecule has 0 aliphatic heterocycles. The highest BCUT2D eigenvalue weighted by atomic mass is 16.5. The molecule has 1 N–H and O–H groups in total. The first-order valence-electron chi connectivity index (χ1n) is 6.24. The molecule has 0 saturated heterocycles. The number of hydrogen-bond acceptors (Lipinski definition) is 4. The first-order valence-corrected chi connectivity index (χ1v) is 6.24. The van der Waals surface area contributed by atoms with Crippen LogP contribution in [-0.2, 0) is 13.6 Å². The van der Waals surface area contributed by atoms with Crippen molar-refractivity contribution in [3.8, 4) is 11.5 Å². The molecule has 0 atom stereocenters. The van der Waals surface area contributed by atoms with Crippen LogP contribution in [0, 0.1) is 0 Å². The highest BCUT2D eigenvalue weighted by molar-refractivity contribution is 5.31. The molecule has 5 heteroatoms. The van der Waals surface area contributed by atoms with Gasteiger partial charge in [-0.1, -0.05) is 0 Å². The largest absolute Gasteiger partial charge is 0.497 e. The van der Waals surface area contributed by atoms with Gasteiger partial charge in [0, 0.05) is 26.3 Å². The lowest BCUT2D eigenvalue weighted by Gasteiger charge is -2.07. The van der Waals surface area contributed by atoms with E-state index < -0.39 is 0 Å². The molecule has 0 unspecified atom stereocenters. The van der Waals surface area contributed by atoms with Crippen molar-refractivity contribution in [3.63, 3.8) is 0 Å². The summed E-state index contributed by atoms with van der Waals surface area (Å²) in [4.78, 5) is 0. The van der Waals surface area contributed by atoms with Crippen LogP contribution < -0.4 is 14.8 Å². The Hall–Kier alpha value is -2.01. The summed E-state index contributed by atoms with van der Waals surface area (Å²) >= 11 is 0. The molecule has 0 bridgehead atoms. The maximum atomic E-state index is 5.60. The first kappa shape index (κ1) is 13.4. The molecular weight excluding hydrogens is 242 g/mol. The summed E-state index contributed by atoms with van der Waals surface area (Å²) in [6, 6.07) is 9.57. The number of methoxy groups -OCH3 is 1. The minimum absolute atomic E-state index is 0.624. The third-order valence-electron chi connectivity index (χ3n) is 2.68. The number of hydrogen-bond donors (Lipinski definition) is 1. The zero-order chi connectivity index (χ0) is 13.5. The van der Waals surface area contributed by atoms with E-state index in [-0.39, 0.29) is 0 Å². The molecule has 5 nitrogen and oxygen atoms in total. The molecule has 1 aromatic heterocycles. The Bertz CT molecular complexity index is 494. The Morgan fingerprint density at radius 3 is 2.53 bits per heavy atom. The number of nitrogens with zero attached hydrogens (tertiary/aromatic N) is 2. The molecule has 2 aromatic rings. The smallest absolute Gasteiger partial charge is 0.119 e. The minimum Gasteiger partial charge on any atom is -0.497 e. The van der Waals surface area contributed by atoms with Crippen molar-refractivity contribution in [2.45, 2.75) is 6.54 Å². The van der Waals surface area contributed by atoms with E-state index in [0.717, 1.165) is 30.3 Å². The Morgan fingerprint density at radius 1 is 1.16 bits per heavy atom. The maximum absolute atomic E-state index is 5.60. The highest BCUT2D eigenvalue weighted by Crippen LogP contribution is 2.16. The maximum Gasteiger partial charge on any atom is 0.119 e. The van der Waals surface area contributed by atoms with Crippen molar-refractivity contribution in [2.24, 2.45) is 7.05 Å². The average molecular weight is 261 g/mol. The lowest BCUT2D eigenvalue weighted by molar-refractivity contribution is 0.312. The fraction of sp³-hybridized carbons (Fsp3) is 0.357. The van der Waals surface area contributed by atoms with E-state index in [1.54, 1.807) is 11.8 Å². The van der Waals surface area contributed by atoms with Gasteiger partial charge in [0.1, 0.15) is 18.1 Å². The zero-order valence-corrected chi connectivity index (χ0v) is 11.3. The van der Waals surface area contributed by atoms with Crippen molar-refractivity contribution >= 4 is 0 Å². The van der Waals surface area contributed by atoms with Gasteiger partial charge in [0.05, 0.1) is 12.8 Å². The van der Waals surface area contributed by atoms with Gasteiger partial charge in [-0.05, 0) is 30.3 Å². The highest BCUT2D eigenvalue weighted by Gasteiger charge is 1.97. The topological polar surface area (TPSA) is 48.3 Å². The average Bonchev–Trinajstić information content (AvgIpc) is 2.85. The van der Waals surface area contributed by atoms with Gasteiger partial charge in [0.25, 0.3) is 0 Å². The summed E-state index contributed by atoms with van der Waals surface area (Å²) in [5.74, 6) is 1.68. The second-order valence-corrected chi connectivity index (χ2v) is 4.18.